The van der Waals surface area contributed by atoms with Gasteiger partial charge in [0.2, 0.25) is 0 Å². The number of rotatable bonds is 3. The van der Waals surface area contributed by atoms with Gasteiger partial charge in [-0.2, -0.15) is 0 Å². The van der Waals surface area contributed by atoms with Gasteiger partial charge in [-0.05, 0) is 30.3 Å². The van der Waals surface area contributed by atoms with Crippen LogP contribution in [0.4, 0.5) is 5.69 Å². The maximum Gasteiger partial charge on any atom is 0.255 e. The summed E-state index contributed by atoms with van der Waals surface area (Å²) in [7, 11) is 0. The number of thiocarbonyl (C=S) groups is 1. The van der Waals surface area contributed by atoms with Crippen LogP contribution in [0.3, 0.4) is 0 Å². The maximum absolute atomic E-state index is 12.1. The van der Waals surface area contributed by atoms with Crippen LogP contribution in [0.2, 0.25) is 10.0 Å². The molecule has 0 bridgehead atoms. The van der Waals surface area contributed by atoms with Crippen molar-refractivity contribution < 1.29 is 4.79 Å². The second-order valence-electron chi connectivity index (χ2n) is 4.02. The molecule has 0 unspecified atom stereocenters. The third kappa shape index (κ3) is 3.48. The Kier molecular flexibility index (Phi) is 4.60. The molecule has 2 aromatic rings. The zero-order valence-corrected chi connectivity index (χ0v) is 12.5. The maximum atomic E-state index is 12.1. The minimum atomic E-state index is -0.311. The molecule has 0 atom stereocenters. The molecule has 0 saturated carbocycles. The smallest absolute Gasteiger partial charge is 0.255 e. The van der Waals surface area contributed by atoms with Crippen LogP contribution >= 0.6 is 35.4 Å². The van der Waals surface area contributed by atoms with Crippen molar-refractivity contribution >= 4 is 52.0 Å². The fourth-order valence-corrected chi connectivity index (χ4v) is 2.08. The van der Waals surface area contributed by atoms with Gasteiger partial charge in [-0.1, -0.05) is 47.6 Å². The number of benzene rings is 2. The summed E-state index contributed by atoms with van der Waals surface area (Å²) >= 11 is 16.8. The molecule has 1 amide bonds. The van der Waals surface area contributed by atoms with Crippen molar-refractivity contribution in [2.75, 3.05) is 5.32 Å². The van der Waals surface area contributed by atoms with E-state index in [0.29, 0.717) is 26.9 Å². The van der Waals surface area contributed by atoms with E-state index < -0.39 is 0 Å². The third-order valence-corrected chi connectivity index (χ3v) is 3.39. The van der Waals surface area contributed by atoms with E-state index in [4.69, 9.17) is 41.2 Å². The summed E-state index contributed by atoms with van der Waals surface area (Å²) in [6.07, 6.45) is 0. The first kappa shape index (κ1) is 14.8. The Morgan fingerprint density at radius 3 is 2.50 bits per heavy atom. The largest absolute Gasteiger partial charge is 0.389 e. The van der Waals surface area contributed by atoms with Crippen LogP contribution in [0.1, 0.15) is 15.9 Å². The van der Waals surface area contributed by atoms with Crippen molar-refractivity contribution in [1.82, 2.24) is 0 Å². The fourth-order valence-electron chi connectivity index (χ4n) is 1.60. The molecule has 20 heavy (non-hydrogen) atoms. The highest BCUT2D eigenvalue weighted by molar-refractivity contribution is 7.80. The molecule has 2 rings (SSSR count). The van der Waals surface area contributed by atoms with Crippen LogP contribution in [0.15, 0.2) is 42.5 Å². The first-order valence-electron chi connectivity index (χ1n) is 5.63. The van der Waals surface area contributed by atoms with Gasteiger partial charge in [0.25, 0.3) is 5.91 Å². The Labute approximate surface area is 131 Å². The lowest BCUT2D eigenvalue weighted by Crippen LogP contribution is -2.14. The van der Waals surface area contributed by atoms with Gasteiger partial charge in [0, 0.05) is 16.1 Å². The number of nitrogens with one attached hydrogen (secondary N) is 1. The summed E-state index contributed by atoms with van der Waals surface area (Å²) in [5, 5.41) is 3.59. The zero-order valence-electron chi connectivity index (χ0n) is 10.2. The minimum absolute atomic E-state index is 0.236. The van der Waals surface area contributed by atoms with Crippen LogP contribution in [-0.2, 0) is 0 Å². The van der Waals surface area contributed by atoms with Crippen LogP contribution in [0.25, 0.3) is 0 Å². The van der Waals surface area contributed by atoms with Crippen molar-refractivity contribution in [2.24, 2.45) is 5.73 Å². The molecule has 0 aliphatic carbocycles. The van der Waals surface area contributed by atoms with Gasteiger partial charge in [0.1, 0.15) is 4.99 Å². The van der Waals surface area contributed by atoms with Crippen LogP contribution in [-0.4, -0.2) is 10.9 Å². The van der Waals surface area contributed by atoms with Gasteiger partial charge in [0.15, 0.2) is 0 Å². The molecular weight excluding hydrogens is 315 g/mol. The normalized spacial score (nSPS) is 10.1. The Balaban J connectivity index is 2.27. The molecule has 0 saturated heterocycles. The predicted molar refractivity (Wildman–Crippen MR) is 86.7 cm³/mol. The number of carbonyl (C=O) groups is 1. The Bertz CT molecular complexity index is 689. The van der Waals surface area contributed by atoms with Crippen molar-refractivity contribution in [3.8, 4) is 0 Å². The second-order valence-corrected chi connectivity index (χ2v) is 5.31. The number of anilines is 1. The highest BCUT2D eigenvalue weighted by Gasteiger charge is 2.10. The first-order valence-corrected chi connectivity index (χ1v) is 6.80. The molecule has 0 aliphatic rings. The molecule has 0 radical (unpaired) electrons. The Morgan fingerprint density at radius 2 is 1.85 bits per heavy atom. The van der Waals surface area contributed by atoms with Gasteiger partial charge >= 0.3 is 0 Å². The van der Waals surface area contributed by atoms with E-state index in [1.54, 1.807) is 42.5 Å². The number of nitrogens with two attached hydrogens (primary N) is 1. The Hall–Kier alpha value is -1.62. The molecule has 0 spiro atoms. The van der Waals surface area contributed by atoms with E-state index >= 15 is 0 Å². The molecular formula is C14H10Cl2N2OS. The molecule has 3 nitrogen and oxygen atoms in total. The minimum Gasteiger partial charge on any atom is -0.389 e. The highest BCUT2D eigenvalue weighted by atomic mass is 35.5. The van der Waals surface area contributed by atoms with E-state index in [2.05, 4.69) is 5.32 Å². The average molecular weight is 325 g/mol. The fraction of sp³-hybridized carbons (Fsp3) is 0. The van der Waals surface area contributed by atoms with E-state index in [1.165, 1.54) is 0 Å². The first-order chi connectivity index (χ1) is 9.47. The molecule has 3 N–H and O–H groups in total. The standard InChI is InChI=1S/C14H10Cl2N2OS/c15-10-3-1-2-9(6-10)14(19)18-12-7-8(13(17)20)4-5-11(12)16/h1-7H,(H2,17,20)(H,18,19). The van der Waals surface area contributed by atoms with Gasteiger partial charge in [-0.15, -0.1) is 0 Å². The number of carbonyl (C=O) groups excluding carboxylic acids is 1. The van der Waals surface area contributed by atoms with E-state index in [9.17, 15) is 4.79 Å². The van der Waals surface area contributed by atoms with Gasteiger partial charge < -0.3 is 11.1 Å². The lowest BCUT2D eigenvalue weighted by molar-refractivity contribution is 0.102. The molecule has 0 aliphatic heterocycles. The average Bonchev–Trinajstić information content (AvgIpc) is 2.41. The molecule has 0 aromatic heterocycles. The summed E-state index contributed by atoms with van der Waals surface area (Å²) in [6, 6.07) is 11.6. The monoisotopic (exact) mass is 324 g/mol. The van der Waals surface area contributed by atoms with E-state index in [-0.39, 0.29) is 10.9 Å². The summed E-state index contributed by atoms with van der Waals surface area (Å²) in [5.74, 6) is -0.311. The quantitative estimate of drug-likeness (QED) is 0.842. The second kappa shape index (κ2) is 6.22. The predicted octanol–water partition coefficient (Wildman–Crippen LogP) is 3.88. The summed E-state index contributed by atoms with van der Waals surface area (Å²) < 4.78 is 0. The zero-order chi connectivity index (χ0) is 14.7. The van der Waals surface area contributed by atoms with Crippen molar-refractivity contribution in [2.45, 2.75) is 0 Å². The molecule has 6 heteroatoms. The number of hydrogen-bond donors (Lipinski definition) is 2. The summed E-state index contributed by atoms with van der Waals surface area (Å²) in [6.45, 7) is 0. The van der Waals surface area contributed by atoms with Crippen molar-refractivity contribution in [1.29, 1.82) is 0 Å². The van der Waals surface area contributed by atoms with Crippen molar-refractivity contribution in [3.63, 3.8) is 0 Å². The lowest BCUT2D eigenvalue weighted by Gasteiger charge is -2.09. The van der Waals surface area contributed by atoms with E-state index in [0.717, 1.165) is 0 Å². The molecule has 0 fully saturated rings. The highest BCUT2D eigenvalue weighted by Crippen LogP contribution is 2.24. The van der Waals surface area contributed by atoms with Gasteiger partial charge in [-0.25, -0.2) is 0 Å². The summed E-state index contributed by atoms with van der Waals surface area (Å²) in [4.78, 5) is 12.3. The van der Waals surface area contributed by atoms with Gasteiger partial charge in [-0.3, -0.25) is 4.79 Å². The molecule has 0 heterocycles. The van der Waals surface area contributed by atoms with E-state index in [1.807, 2.05) is 0 Å². The number of hydrogen-bond acceptors (Lipinski definition) is 2. The number of halogens is 2. The van der Waals surface area contributed by atoms with Crippen LogP contribution in [0, 0.1) is 0 Å². The number of amides is 1. The van der Waals surface area contributed by atoms with Gasteiger partial charge in [0.05, 0.1) is 10.7 Å². The summed E-state index contributed by atoms with van der Waals surface area (Å²) in [5.41, 5.74) is 7.07. The third-order valence-electron chi connectivity index (χ3n) is 2.59. The topological polar surface area (TPSA) is 55.1 Å². The molecule has 2 aromatic carbocycles. The van der Waals surface area contributed by atoms with Crippen molar-refractivity contribution in [3.05, 3.63) is 63.6 Å². The SMILES string of the molecule is NC(=S)c1ccc(Cl)c(NC(=O)c2cccc(Cl)c2)c1. The lowest BCUT2D eigenvalue weighted by atomic mass is 10.1. The molecule has 102 valence electrons. The van der Waals surface area contributed by atoms with Crippen LogP contribution in [0.5, 0.6) is 0 Å². The Morgan fingerprint density at radius 1 is 1.10 bits per heavy atom. The van der Waals surface area contributed by atoms with Crippen LogP contribution < -0.4 is 11.1 Å².